The monoisotopic (exact) mass is 1290 g/mol. The Labute approximate surface area is 576 Å². The van der Waals surface area contributed by atoms with Crippen LogP contribution in [0.1, 0.15) is 476 Å². The maximum atomic E-state index is 12.6. The van der Waals surface area contributed by atoms with Crippen LogP contribution in [0.25, 0.3) is 0 Å². The average Bonchev–Trinajstić information content (AvgIpc) is 3.77. The molecule has 1 amide bonds. The van der Waals surface area contributed by atoms with Crippen LogP contribution in [-0.4, -0.2) is 47.4 Å². The normalized spacial score (nSPS) is 12.6. The van der Waals surface area contributed by atoms with Crippen LogP contribution >= 0.6 is 0 Å². The third-order valence-electron chi connectivity index (χ3n) is 19.9. The fourth-order valence-corrected chi connectivity index (χ4v) is 13.5. The lowest BCUT2D eigenvalue weighted by Crippen LogP contribution is -2.45. The Bertz CT molecular complexity index is 1490. The van der Waals surface area contributed by atoms with Gasteiger partial charge in [-0.05, 0) is 83.5 Å². The van der Waals surface area contributed by atoms with Crippen molar-refractivity contribution in [3.05, 3.63) is 36.5 Å². The summed E-state index contributed by atoms with van der Waals surface area (Å²) in [5.74, 6) is -0.0104. The highest BCUT2D eigenvalue weighted by Crippen LogP contribution is 2.20. The van der Waals surface area contributed by atoms with Gasteiger partial charge in [0.1, 0.15) is 0 Å². The molecule has 544 valence electrons. The summed E-state index contributed by atoms with van der Waals surface area (Å²) in [6.45, 7) is 5.00. The van der Waals surface area contributed by atoms with Crippen molar-refractivity contribution in [3.63, 3.8) is 0 Å². The molecule has 2 atom stereocenters. The summed E-state index contributed by atoms with van der Waals surface area (Å²) in [6, 6.07) is -0.541. The Balaban J connectivity index is 3.35. The van der Waals surface area contributed by atoms with Gasteiger partial charge in [0.2, 0.25) is 5.91 Å². The third-order valence-corrected chi connectivity index (χ3v) is 19.9. The number of nitrogens with one attached hydrogen (secondary N) is 1. The zero-order valence-corrected chi connectivity index (χ0v) is 62.6. The number of unbranched alkanes of at least 4 members (excludes halogenated alkanes) is 63. The fourth-order valence-electron chi connectivity index (χ4n) is 13.5. The van der Waals surface area contributed by atoms with Crippen molar-refractivity contribution in [1.29, 1.82) is 0 Å². The Hall–Kier alpha value is -1.92. The predicted molar refractivity (Wildman–Crippen MR) is 407 cm³/mol. The molecular formula is C86H165NO5. The van der Waals surface area contributed by atoms with E-state index in [1.807, 2.05) is 0 Å². The van der Waals surface area contributed by atoms with Crippen LogP contribution in [-0.2, 0) is 14.3 Å². The maximum Gasteiger partial charge on any atom is 0.305 e. The predicted octanol–water partition coefficient (Wildman–Crippen LogP) is 28.2. The summed E-state index contributed by atoms with van der Waals surface area (Å²) in [5.41, 5.74) is 0. The standard InChI is InChI=1S/C86H165NO5/c1-3-5-7-9-11-13-15-17-19-21-23-43-46-50-54-58-62-66-70-74-78-84(89)83(82-88)87-85(90)79-75-71-67-63-59-55-51-47-44-41-39-37-35-33-31-29-27-25-24-26-28-30-32-34-36-38-40-42-45-49-53-57-61-65-69-73-77-81-92-86(91)80-76-72-68-64-60-56-52-48-22-20-18-16-14-12-10-8-6-4-2/h20,22,24,26,30,32,83-84,88-89H,3-19,21,23,25,27-29,31,33-82H2,1-2H3,(H,87,90)/b22-20-,26-24-,32-30-. The number of aliphatic hydroxyl groups excluding tert-OH is 2. The van der Waals surface area contributed by atoms with Crippen LogP contribution in [0.3, 0.4) is 0 Å². The first kappa shape index (κ1) is 90.1. The molecule has 0 saturated carbocycles. The van der Waals surface area contributed by atoms with Gasteiger partial charge in [0, 0.05) is 12.8 Å². The smallest absolute Gasteiger partial charge is 0.305 e. The van der Waals surface area contributed by atoms with Gasteiger partial charge in [0.25, 0.3) is 0 Å². The molecule has 0 heterocycles. The van der Waals surface area contributed by atoms with E-state index in [1.54, 1.807) is 0 Å². The number of rotatable bonds is 80. The van der Waals surface area contributed by atoms with Gasteiger partial charge in [-0.1, -0.05) is 416 Å². The molecule has 0 aromatic carbocycles. The molecule has 92 heavy (non-hydrogen) atoms. The number of amides is 1. The van der Waals surface area contributed by atoms with Gasteiger partial charge in [0.05, 0.1) is 25.4 Å². The van der Waals surface area contributed by atoms with Crippen LogP contribution in [0.5, 0.6) is 0 Å². The van der Waals surface area contributed by atoms with E-state index >= 15 is 0 Å². The van der Waals surface area contributed by atoms with Crippen LogP contribution < -0.4 is 5.32 Å². The lowest BCUT2D eigenvalue weighted by Gasteiger charge is -2.22. The molecule has 0 rings (SSSR count). The molecule has 0 aromatic rings. The molecule has 0 fully saturated rings. The van der Waals surface area contributed by atoms with Crippen molar-refractivity contribution in [2.75, 3.05) is 13.2 Å². The van der Waals surface area contributed by atoms with Crippen molar-refractivity contribution >= 4 is 11.9 Å². The summed E-state index contributed by atoms with van der Waals surface area (Å²) in [6.07, 6.45) is 107. The Morgan fingerprint density at radius 3 is 0.837 bits per heavy atom. The van der Waals surface area contributed by atoms with Crippen molar-refractivity contribution in [2.45, 2.75) is 488 Å². The van der Waals surface area contributed by atoms with E-state index in [9.17, 15) is 19.8 Å². The van der Waals surface area contributed by atoms with Gasteiger partial charge in [-0.2, -0.15) is 0 Å². The zero-order chi connectivity index (χ0) is 66.3. The van der Waals surface area contributed by atoms with Crippen molar-refractivity contribution in [2.24, 2.45) is 0 Å². The van der Waals surface area contributed by atoms with Gasteiger partial charge in [-0.15, -0.1) is 0 Å². The Kier molecular flexibility index (Phi) is 79.8. The van der Waals surface area contributed by atoms with Crippen LogP contribution in [0.15, 0.2) is 36.5 Å². The van der Waals surface area contributed by atoms with Gasteiger partial charge in [-0.3, -0.25) is 9.59 Å². The summed E-state index contributed by atoms with van der Waals surface area (Å²) in [7, 11) is 0. The Morgan fingerprint density at radius 1 is 0.304 bits per heavy atom. The first-order valence-electron chi connectivity index (χ1n) is 42.2. The number of ether oxygens (including phenoxy) is 1. The molecule has 0 radical (unpaired) electrons. The molecule has 0 aliphatic heterocycles. The SMILES string of the molecule is CCCCCCCCC/C=C\CCCCCCCCCC(=O)OCCCCCCCCCCCCCCC/C=C\C/C=C\CCCCCCCCCCCCCCCCCCCC(=O)NC(CO)C(O)CCCCCCCCCCCCCCCCCCCCCC. The molecular weight excluding hydrogens is 1130 g/mol. The molecule has 3 N–H and O–H groups in total. The summed E-state index contributed by atoms with van der Waals surface area (Å²) in [5, 5.41) is 23.5. The van der Waals surface area contributed by atoms with E-state index in [0.29, 0.717) is 25.9 Å². The molecule has 0 aliphatic rings. The number of hydrogen-bond donors (Lipinski definition) is 3. The maximum absolute atomic E-state index is 12.6. The number of aliphatic hydroxyl groups is 2. The molecule has 0 saturated heterocycles. The molecule has 0 aromatic heterocycles. The second kappa shape index (κ2) is 81.5. The van der Waals surface area contributed by atoms with Crippen LogP contribution in [0.2, 0.25) is 0 Å². The third kappa shape index (κ3) is 77.1. The number of carbonyl (C=O) groups excluding carboxylic acids is 2. The minimum atomic E-state index is -0.664. The van der Waals surface area contributed by atoms with Crippen molar-refractivity contribution < 1.29 is 24.5 Å². The van der Waals surface area contributed by atoms with E-state index in [0.717, 1.165) is 51.4 Å². The molecule has 0 bridgehead atoms. The van der Waals surface area contributed by atoms with Gasteiger partial charge >= 0.3 is 5.97 Å². The summed E-state index contributed by atoms with van der Waals surface area (Å²) >= 11 is 0. The second-order valence-electron chi connectivity index (χ2n) is 29.2. The van der Waals surface area contributed by atoms with Crippen LogP contribution in [0.4, 0.5) is 0 Å². The quantitative estimate of drug-likeness (QED) is 0.0320. The first-order chi connectivity index (χ1) is 45.5. The zero-order valence-electron chi connectivity index (χ0n) is 62.6. The average molecular weight is 1290 g/mol. The highest BCUT2D eigenvalue weighted by Gasteiger charge is 2.20. The van der Waals surface area contributed by atoms with Gasteiger partial charge in [-0.25, -0.2) is 0 Å². The van der Waals surface area contributed by atoms with Crippen LogP contribution in [0, 0.1) is 0 Å². The lowest BCUT2D eigenvalue weighted by atomic mass is 10.0. The van der Waals surface area contributed by atoms with Gasteiger partial charge in [0.15, 0.2) is 0 Å². The molecule has 6 nitrogen and oxygen atoms in total. The van der Waals surface area contributed by atoms with Crippen molar-refractivity contribution in [1.82, 2.24) is 5.32 Å². The van der Waals surface area contributed by atoms with E-state index in [4.69, 9.17) is 4.74 Å². The van der Waals surface area contributed by atoms with E-state index in [1.165, 1.54) is 392 Å². The molecule has 2 unspecified atom stereocenters. The summed E-state index contributed by atoms with van der Waals surface area (Å²) in [4.78, 5) is 24.7. The molecule has 0 aliphatic carbocycles. The van der Waals surface area contributed by atoms with E-state index in [2.05, 4.69) is 55.6 Å². The fraction of sp³-hybridized carbons (Fsp3) is 0.907. The van der Waals surface area contributed by atoms with Crippen molar-refractivity contribution in [3.8, 4) is 0 Å². The number of allylic oxidation sites excluding steroid dienone is 6. The lowest BCUT2D eigenvalue weighted by molar-refractivity contribution is -0.143. The minimum Gasteiger partial charge on any atom is -0.466 e. The van der Waals surface area contributed by atoms with Gasteiger partial charge < -0.3 is 20.3 Å². The second-order valence-corrected chi connectivity index (χ2v) is 29.2. The first-order valence-corrected chi connectivity index (χ1v) is 42.2. The van der Waals surface area contributed by atoms with E-state index < -0.39 is 12.1 Å². The number of hydrogen-bond acceptors (Lipinski definition) is 5. The van der Waals surface area contributed by atoms with E-state index in [-0.39, 0.29) is 18.5 Å². The number of carbonyl (C=O) groups is 2. The Morgan fingerprint density at radius 2 is 0.543 bits per heavy atom. The highest BCUT2D eigenvalue weighted by molar-refractivity contribution is 5.76. The molecule has 6 heteroatoms. The number of esters is 1. The largest absolute Gasteiger partial charge is 0.466 e. The summed E-state index contributed by atoms with van der Waals surface area (Å²) < 4.78 is 5.51. The molecule has 0 spiro atoms. The minimum absolute atomic E-state index is 0.0168. The highest BCUT2D eigenvalue weighted by atomic mass is 16.5. The topological polar surface area (TPSA) is 95.9 Å².